The van der Waals surface area contributed by atoms with Crippen molar-refractivity contribution in [2.45, 2.75) is 6.92 Å². The van der Waals surface area contributed by atoms with Gasteiger partial charge in [0.15, 0.2) is 5.65 Å². The van der Waals surface area contributed by atoms with E-state index in [1.807, 2.05) is 61.5 Å². The summed E-state index contributed by atoms with van der Waals surface area (Å²) < 4.78 is 2.06. The zero-order valence-corrected chi connectivity index (χ0v) is 13.3. The van der Waals surface area contributed by atoms with E-state index in [1.54, 1.807) is 0 Å². The van der Waals surface area contributed by atoms with Gasteiger partial charge in [-0.3, -0.25) is 4.40 Å². The topological polar surface area (TPSA) is 30.2 Å². The van der Waals surface area contributed by atoms with E-state index in [9.17, 15) is 0 Å². The van der Waals surface area contributed by atoms with Crippen molar-refractivity contribution in [1.29, 1.82) is 0 Å². The van der Waals surface area contributed by atoms with E-state index >= 15 is 0 Å². The van der Waals surface area contributed by atoms with E-state index < -0.39 is 0 Å². The monoisotopic (exact) mass is 319 g/mol. The molecule has 4 rings (SSSR count). The predicted octanol–water partition coefficient (Wildman–Crippen LogP) is 5.03. The maximum Gasteiger partial charge on any atom is 0.166 e. The van der Waals surface area contributed by atoms with Crippen molar-refractivity contribution in [2.75, 3.05) is 0 Å². The van der Waals surface area contributed by atoms with Crippen LogP contribution >= 0.6 is 11.6 Å². The molecule has 0 N–H and O–H groups in total. The number of fused-ring (bicyclic) bond motifs is 1. The molecule has 0 amide bonds. The number of rotatable bonds is 2. The maximum atomic E-state index is 6.19. The van der Waals surface area contributed by atoms with Crippen LogP contribution in [0.2, 0.25) is 5.15 Å². The number of nitrogens with zero attached hydrogens (tertiary/aromatic N) is 3. The van der Waals surface area contributed by atoms with Crippen LogP contribution in [0.25, 0.3) is 28.3 Å². The molecule has 0 aliphatic heterocycles. The third-order valence-electron chi connectivity index (χ3n) is 3.83. The maximum absolute atomic E-state index is 6.19. The fraction of sp³-hybridized carbons (Fsp3) is 0.0526. The Balaban J connectivity index is 2.09. The van der Waals surface area contributed by atoms with Gasteiger partial charge in [-0.1, -0.05) is 72.3 Å². The third-order valence-corrected chi connectivity index (χ3v) is 4.02. The van der Waals surface area contributed by atoms with E-state index in [2.05, 4.69) is 21.5 Å². The molecule has 4 aromatic rings. The molecule has 2 aromatic carbocycles. The van der Waals surface area contributed by atoms with E-state index in [0.29, 0.717) is 5.15 Å². The molecule has 0 fully saturated rings. The fourth-order valence-corrected chi connectivity index (χ4v) is 3.03. The average Bonchev–Trinajstić information content (AvgIpc) is 2.96. The lowest BCUT2D eigenvalue weighted by molar-refractivity contribution is 1.05. The summed E-state index contributed by atoms with van der Waals surface area (Å²) >= 11 is 6.19. The Morgan fingerprint density at radius 2 is 1.43 bits per heavy atom. The summed E-state index contributed by atoms with van der Waals surface area (Å²) in [5.74, 6) is 0.876. The third kappa shape index (κ3) is 2.39. The van der Waals surface area contributed by atoms with Crippen LogP contribution in [0.3, 0.4) is 0 Å². The van der Waals surface area contributed by atoms with Gasteiger partial charge < -0.3 is 0 Å². The van der Waals surface area contributed by atoms with Crippen LogP contribution in [0, 0.1) is 6.92 Å². The second kappa shape index (κ2) is 5.52. The Bertz CT molecular complexity index is 976. The van der Waals surface area contributed by atoms with Gasteiger partial charge in [-0.15, -0.1) is 0 Å². The highest BCUT2D eigenvalue weighted by molar-refractivity contribution is 6.29. The van der Waals surface area contributed by atoms with Crippen LogP contribution < -0.4 is 0 Å². The van der Waals surface area contributed by atoms with Crippen molar-refractivity contribution in [3.05, 3.63) is 77.6 Å². The zero-order chi connectivity index (χ0) is 15.8. The minimum atomic E-state index is 0.478. The zero-order valence-electron chi connectivity index (χ0n) is 12.6. The summed E-state index contributed by atoms with van der Waals surface area (Å²) in [7, 11) is 0. The Hall–Kier alpha value is -2.65. The lowest BCUT2D eigenvalue weighted by Gasteiger charge is -2.05. The summed E-state index contributed by atoms with van der Waals surface area (Å²) in [5, 5.41) is 0.478. The second-order valence-corrected chi connectivity index (χ2v) is 5.78. The molecule has 3 nitrogen and oxygen atoms in total. The van der Waals surface area contributed by atoms with E-state index in [4.69, 9.17) is 16.6 Å². The molecule has 2 heterocycles. The fourth-order valence-electron chi connectivity index (χ4n) is 2.79. The molecule has 0 saturated heterocycles. The van der Waals surface area contributed by atoms with E-state index in [0.717, 1.165) is 34.0 Å². The first-order valence-corrected chi connectivity index (χ1v) is 7.78. The molecule has 23 heavy (non-hydrogen) atoms. The second-order valence-electron chi connectivity index (χ2n) is 5.40. The molecular formula is C19H14ClN3. The van der Waals surface area contributed by atoms with Crippen LogP contribution in [-0.2, 0) is 0 Å². The number of aryl methyl sites for hydroxylation is 1. The van der Waals surface area contributed by atoms with Crippen molar-refractivity contribution in [3.8, 4) is 22.6 Å². The molecule has 0 aliphatic rings. The normalized spacial score (nSPS) is 11.0. The average molecular weight is 320 g/mol. The Labute approximate surface area is 139 Å². The van der Waals surface area contributed by atoms with Gasteiger partial charge in [-0.2, -0.15) is 0 Å². The van der Waals surface area contributed by atoms with Crippen LogP contribution in [0.5, 0.6) is 0 Å². The SMILES string of the molecule is Cc1cc(Cl)nc2c(-c3ccccc3)nc(-c3ccccc3)n12. The van der Waals surface area contributed by atoms with Crippen molar-refractivity contribution >= 4 is 17.2 Å². The predicted molar refractivity (Wildman–Crippen MR) is 93.6 cm³/mol. The molecule has 0 bridgehead atoms. The molecule has 2 aromatic heterocycles. The van der Waals surface area contributed by atoms with Gasteiger partial charge in [0.2, 0.25) is 0 Å². The largest absolute Gasteiger partial charge is 0.281 e. The van der Waals surface area contributed by atoms with Crippen molar-refractivity contribution in [3.63, 3.8) is 0 Å². The minimum absolute atomic E-state index is 0.478. The summed E-state index contributed by atoms with van der Waals surface area (Å²) in [6.45, 7) is 2.02. The molecule has 0 unspecified atom stereocenters. The first-order chi connectivity index (χ1) is 11.2. The van der Waals surface area contributed by atoms with E-state index in [-0.39, 0.29) is 0 Å². The van der Waals surface area contributed by atoms with Crippen LogP contribution in [-0.4, -0.2) is 14.4 Å². The minimum Gasteiger partial charge on any atom is -0.281 e. The quantitative estimate of drug-likeness (QED) is 0.485. The van der Waals surface area contributed by atoms with Crippen molar-refractivity contribution < 1.29 is 0 Å². The summed E-state index contributed by atoms with van der Waals surface area (Å²) in [5.41, 5.74) is 4.71. The molecule has 0 aliphatic carbocycles. The standard InChI is InChI=1S/C19H14ClN3/c1-13-12-16(20)21-19-17(14-8-4-2-5-9-14)22-18(23(13)19)15-10-6-3-7-11-15/h2-12H,1H3. The highest BCUT2D eigenvalue weighted by atomic mass is 35.5. The van der Waals surface area contributed by atoms with Crippen LogP contribution in [0.4, 0.5) is 0 Å². The number of aromatic nitrogens is 3. The molecule has 112 valence electrons. The lowest BCUT2D eigenvalue weighted by atomic mass is 10.1. The van der Waals surface area contributed by atoms with Gasteiger partial charge in [-0.05, 0) is 13.0 Å². The van der Waals surface area contributed by atoms with Gasteiger partial charge in [0.25, 0.3) is 0 Å². The van der Waals surface area contributed by atoms with Gasteiger partial charge in [-0.25, -0.2) is 9.97 Å². The van der Waals surface area contributed by atoms with Gasteiger partial charge in [0, 0.05) is 16.8 Å². The first kappa shape index (κ1) is 14.0. The van der Waals surface area contributed by atoms with Crippen molar-refractivity contribution in [1.82, 2.24) is 14.4 Å². The highest BCUT2D eigenvalue weighted by Crippen LogP contribution is 2.30. The molecule has 0 spiro atoms. The number of halogens is 1. The molecule has 0 radical (unpaired) electrons. The molecular weight excluding hydrogens is 306 g/mol. The summed E-state index contributed by atoms with van der Waals surface area (Å²) in [6.07, 6.45) is 0. The smallest absolute Gasteiger partial charge is 0.166 e. The van der Waals surface area contributed by atoms with E-state index in [1.165, 1.54) is 0 Å². The number of benzene rings is 2. The Morgan fingerprint density at radius 3 is 2.09 bits per heavy atom. The Morgan fingerprint density at radius 1 is 0.826 bits per heavy atom. The molecule has 4 heteroatoms. The number of hydrogen-bond donors (Lipinski definition) is 0. The van der Waals surface area contributed by atoms with Crippen molar-refractivity contribution in [2.24, 2.45) is 0 Å². The summed E-state index contributed by atoms with van der Waals surface area (Å²) in [6, 6.07) is 22.1. The lowest BCUT2D eigenvalue weighted by Crippen LogP contribution is -1.96. The Kier molecular flexibility index (Phi) is 3.36. The van der Waals surface area contributed by atoms with Gasteiger partial charge in [0.05, 0.1) is 0 Å². The summed E-state index contributed by atoms with van der Waals surface area (Å²) in [4.78, 5) is 9.40. The molecule has 0 atom stereocenters. The highest BCUT2D eigenvalue weighted by Gasteiger charge is 2.17. The molecule has 0 saturated carbocycles. The van der Waals surface area contributed by atoms with Gasteiger partial charge >= 0.3 is 0 Å². The number of imidazole rings is 1. The van der Waals surface area contributed by atoms with Crippen LogP contribution in [0.15, 0.2) is 66.7 Å². The first-order valence-electron chi connectivity index (χ1n) is 7.40. The number of hydrogen-bond acceptors (Lipinski definition) is 2. The van der Waals surface area contributed by atoms with Crippen LogP contribution in [0.1, 0.15) is 5.69 Å². The van der Waals surface area contributed by atoms with Gasteiger partial charge in [0.1, 0.15) is 16.7 Å².